The molecule has 1 fully saturated rings. The molecule has 1 saturated heterocycles. The summed E-state index contributed by atoms with van der Waals surface area (Å²) >= 11 is 5.79. The number of halogens is 1. The number of hydrogen-bond acceptors (Lipinski definition) is 4. The second-order valence-electron chi connectivity index (χ2n) is 4.96. The van der Waals surface area contributed by atoms with Gasteiger partial charge in [0, 0.05) is 18.8 Å². The standard InChI is InChI=1S/C12H17ClN2O3S/c1-12(4-6-18-7-5-12)15-19(16,17)9-2-3-10(13)11(14)8-9/h2-3,8,15H,4-7,14H2,1H3. The van der Waals surface area contributed by atoms with Gasteiger partial charge in [-0.05, 0) is 38.0 Å². The van der Waals surface area contributed by atoms with Crippen molar-refractivity contribution in [3.05, 3.63) is 23.2 Å². The summed E-state index contributed by atoms with van der Waals surface area (Å²) in [6.45, 7) is 3.00. The predicted molar refractivity (Wildman–Crippen MR) is 74.6 cm³/mol. The highest BCUT2D eigenvalue weighted by molar-refractivity contribution is 7.89. The maximum absolute atomic E-state index is 12.3. The number of nitrogen functional groups attached to an aromatic ring is 1. The number of nitrogens with two attached hydrogens (primary N) is 1. The summed E-state index contributed by atoms with van der Waals surface area (Å²) < 4.78 is 32.6. The van der Waals surface area contributed by atoms with Gasteiger partial charge in [-0.1, -0.05) is 11.6 Å². The van der Waals surface area contributed by atoms with Gasteiger partial charge in [0.05, 0.1) is 15.6 Å². The first-order chi connectivity index (χ1) is 8.82. The van der Waals surface area contributed by atoms with Gasteiger partial charge in [-0.25, -0.2) is 13.1 Å². The highest BCUT2D eigenvalue weighted by Crippen LogP contribution is 2.26. The maximum Gasteiger partial charge on any atom is 0.241 e. The summed E-state index contributed by atoms with van der Waals surface area (Å²) in [5.74, 6) is 0. The van der Waals surface area contributed by atoms with Gasteiger partial charge >= 0.3 is 0 Å². The van der Waals surface area contributed by atoms with Crippen molar-refractivity contribution in [1.82, 2.24) is 4.72 Å². The average Bonchev–Trinajstić information content (AvgIpc) is 2.32. The van der Waals surface area contributed by atoms with Crippen molar-refractivity contribution in [3.63, 3.8) is 0 Å². The van der Waals surface area contributed by atoms with Crippen molar-refractivity contribution in [3.8, 4) is 0 Å². The second-order valence-corrected chi connectivity index (χ2v) is 7.05. The van der Waals surface area contributed by atoms with Crippen LogP contribution in [0.3, 0.4) is 0 Å². The smallest absolute Gasteiger partial charge is 0.241 e. The van der Waals surface area contributed by atoms with Crippen LogP contribution in [0.2, 0.25) is 5.02 Å². The Morgan fingerprint density at radius 3 is 2.58 bits per heavy atom. The van der Waals surface area contributed by atoms with Crippen molar-refractivity contribution in [2.45, 2.75) is 30.2 Å². The second kappa shape index (κ2) is 5.28. The van der Waals surface area contributed by atoms with Crippen molar-refractivity contribution in [2.24, 2.45) is 0 Å². The predicted octanol–water partition coefficient (Wildman–Crippen LogP) is 1.77. The molecule has 0 bridgehead atoms. The van der Waals surface area contributed by atoms with E-state index in [-0.39, 0.29) is 10.6 Å². The maximum atomic E-state index is 12.3. The fraction of sp³-hybridized carbons (Fsp3) is 0.500. The largest absolute Gasteiger partial charge is 0.397 e. The Bertz CT molecular complexity index is 568. The van der Waals surface area contributed by atoms with Crippen LogP contribution in [-0.4, -0.2) is 27.2 Å². The Balaban J connectivity index is 2.24. The molecular weight excluding hydrogens is 288 g/mol. The summed E-state index contributed by atoms with van der Waals surface area (Å²) in [4.78, 5) is 0.127. The monoisotopic (exact) mass is 304 g/mol. The number of hydrogen-bond donors (Lipinski definition) is 2. The third-order valence-electron chi connectivity index (χ3n) is 3.25. The molecule has 1 aliphatic heterocycles. The number of benzene rings is 1. The molecule has 5 nitrogen and oxygen atoms in total. The van der Waals surface area contributed by atoms with E-state index in [2.05, 4.69) is 4.72 Å². The highest BCUT2D eigenvalue weighted by Gasteiger charge is 2.32. The van der Waals surface area contributed by atoms with Crippen LogP contribution in [0, 0.1) is 0 Å². The molecule has 0 radical (unpaired) electrons. The molecule has 0 spiro atoms. The van der Waals surface area contributed by atoms with Crippen molar-refractivity contribution in [1.29, 1.82) is 0 Å². The Morgan fingerprint density at radius 1 is 1.37 bits per heavy atom. The van der Waals surface area contributed by atoms with Crippen LogP contribution in [0.4, 0.5) is 5.69 Å². The lowest BCUT2D eigenvalue weighted by Gasteiger charge is -2.34. The van der Waals surface area contributed by atoms with Crippen LogP contribution in [0.25, 0.3) is 0 Å². The number of rotatable bonds is 3. The normalized spacial score (nSPS) is 19.3. The van der Waals surface area contributed by atoms with Gasteiger partial charge in [-0.2, -0.15) is 0 Å². The fourth-order valence-electron chi connectivity index (χ4n) is 2.00. The third-order valence-corrected chi connectivity index (χ3v) is 5.24. The molecule has 1 aromatic carbocycles. The number of sulfonamides is 1. The lowest BCUT2D eigenvalue weighted by molar-refractivity contribution is 0.0537. The van der Waals surface area contributed by atoms with Crippen LogP contribution in [-0.2, 0) is 14.8 Å². The van der Waals surface area contributed by atoms with Crippen molar-refractivity contribution < 1.29 is 13.2 Å². The Hall–Kier alpha value is -0.820. The van der Waals surface area contributed by atoms with Crippen molar-refractivity contribution in [2.75, 3.05) is 18.9 Å². The number of nitrogens with one attached hydrogen (secondary N) is 1. The molecule has 0 unspecified atom stereocenters. The average molecular weight is 305 g/mol. The molecule has 19 heavy (non-hydrogen) atoms. The van der Waals surface area contributed by atoms with E-state index in [4.69, 9.17) is 22.1 Å². The molecule has 1 aliphatic rings. The van der Waals surface area contributed by atoms with E-state index in [0.29, 0.717) is 31.1 Å². The van der Waals surface area contributed by atoms with E-state index in [1.807, 2.05) is 6.92 Å². The van der Waals surface area contributed by atoms with Crippen LogP contribution in [0.1, 0.15) is 19.8 Å². The molecule has 2 rings (SSSR count). The van der Waals surface area contributed by atoms with Gasteiger partial charge in [0.1, 0.15) is 0 Å². The Labute approximate surface area is 118 Å². The van der Waals surface area contributed by atoms with Gasteiger partial charge in [0.15, 0.2) is 0 Å². The van der Waals surface area contributed by atoms with E-state index >= 15 is 0 Å². The zero-order chi connectivity index (χ0) is 14.1. The molecule has 106 valence electrons. The summed E-state index contributed by atoms with van der Waals surface area (Å²) in [5.41, 5.74) is 5.41. The Kier molecular flexibility index (Phi) is 4.06. The molecular formula is C12H17ClN2O3S. The molecule has 0 atom stereocenters. The van der Waals surface area contributed by atoms with Crippen LogP contribution < -0.4 is 10.5 Å². The third kappa shape index (κ3) is 3.39. The molecule has 3 N–H and O–H groups in total. The summed E-state index contributed by atoms with van der Waals surface area (Å²) in [5, 5.41) is 0.344. The van der Waals surface area contributed by atoms with Gasteiger partial charge in [-0.3, -0.25) is 0 Å². The van der Waals surface area contributed by atoms with Crippen molar-refractivity contribution >= 4 is 27.3 Å². The van der Waals surface area contributed by atoms with Gasteiger partial charge in [0.2, 0.25) is 10.0 Å². The van der Waals surface area contributed by atoms with E-state index in [9.17, 15) is 8.42 Å². The summed E-state index contributed by atoms with van der Waals surface area (Å²) in [7, 11) is -3.60. The molecule has 1 heterocycles. The molecule has 0 aliphatic carbocycles. The first kappa shape index (κ1) is 14.6. The van der Waals surface area contributed by atoms with Crippen LogP contribution in [0.5, 0.6) is 0 Å². The molecule has 7 heteroatoms. The van der Waals surface area contributed by atoms with Crippen LogP contribution in [0.15, 0.2) is 23.1 Å². The van der Waals surface area contributed by atoms with E-state index in [1.165, 1.54) is 18.2 Å². The minimum Gasteiger partial charge on any atom is -0.397 e. The van der Waals surface area contributed by atoms with Gasteiger partial charge < -0.3 is 10.5 Å². The zero-order valence-electron chi connectivity index (χ0n) is 10.6. The minimum absolute atomic E-state index is 0.127. The highest BCUT2D eigenvalue weighted by atomic mass is 35.5. The fourth-order valence-corrected chi connectivity index (χ4v) is 3.61. The molecule has 0 saturated carbocycles. The SMILES string of the molecule is CC1(NS(=O)(=O)c2ccc(Cl)c(N)c2)CCOCC1. The first-order valence-electron chi connectivity index (χ1n) is 5.99. The molecule has 0 aromatic heterocycles. The van der Waals surface area contributed by atoms with Crippen LogP contribution >= 0.6 is 11.6 Å². The topological polar surface area (TPSA) is 81.4 Å². The van der Waals surface area contributed by atoms with E-state index in [0.717, 1.165) is 0 Å². The summed E-state index contributed by atoms with van der Waals surface area (Å²) in [6.07, 6.45) is 1.30. The molecule has 0 amide bonds. The van der Waals surface area contributed by atoms with Gasteiger partial charge in [-0.15, -0.1) is 0 Å². The zero-order valence-corrected chi connectivity index (χ0v) is 12.2. The quantitative estimate of drug-likeness (QED) is 0.834. The van der Waals surface area contributed by atoms with Gasteiger partial charge in [0.25, 0.3) is 0 Å². The minimum atomic E-state index is -3.60. The lowest BCUT2D eigenvalue weighted by atomic mass is 9.94. The number of anilines is 1. The first-order valence-corrected chi connectivity index (χ1v) is 7.85. The summed E-state index contributed by atoms with van der Waals surface area (Å²) in [6, 6.07) is 4.30. The number of ether oxygens (including phenoxy) is 1. The molecule has 1 aromatic rings. The van der Waals surface area contributed by atoms with E-state index in [1.54, 1.807) is 0 Å². The lowest BCUT2D eigenvalue weighted by Crippen LogP contribution is -2.49. The Morgan fingerprint density at radius 2 is 2.00 bits per heavy atom. The van der Waals surface area contributed by atoms with E-state index < -0.39 is 15.6 Å².